The quantitative estimate of drug-likeness (QED) is 0.714. The lowest BCUT2D eigenvalue weighted by Crippen LogP contribution is -2.50. The molecule has 1 aliphatic heterocycles. The van der Waals surface area contributed by atoms with E-state index in [4.69, 9.17) is 0 Å². The van der Waals surface area contributed by atoms with Crippen LogP contribution in [-0.2, 0) is 10.2 Å². The van der Waals surface area contributed by atoms with Crippen molar-refractivity contribution in [2.75, 3.05) is 19.6 Å². The van der Waals surface area contributed by atoms with Gasteiger partial charge >= 0.3 is 0 Å². The van der Waals surface area contributed by atoms with E-state index in [1.54, 1.807) is 4.31 Å². The van der Waals surface area contributed by atoms with Gasteiger partial charge in [0.05, 0.1) is 0 Å². The molecule has 6 heteroatoms. The number of hydrogen-bond donors (Lipinski definition) is 2. The summed E-state index contributed by atoms with van der Waals surface area (Å²) in [6.07, 6.45) is 6.36. The average Bonchev–Trinajstić information content (AvgIpc) is 3.27. The maximum Gasteiger partial charge on any atom is 0.279 e. The zero-order valence-electron chi connectivity index (χ0n) is 12.8. The number of rotatable bonds is 8. The van der Waals surface area contributed by atoms with Crippen LogP contribution in [0, 0.1) is 5.92 Å². The lowest BCUT2D eigenvalue weighted by atomic mass is 10.00. The van der Waals surface area contributed by atoms with E-state index in [1.165, 1.54) is 12.8 Å². The number of piperidine rings is 1. The first-order valence-electron chi connectivity index (χ1n) is 8.06. The predicted octanol–water partition coefficient (Wildman–Crippen LogP) is 1.47. The Hall–Kier alpha value is -0.170. The van der Waals surface area contributed by atoms with E-state index in [0.29, 0.717) is 25.0 Å². The van der Waals surface area contributed by atoms with Crippen LogP contribution < -0.4 is 10.0 Å². The lowest BCUT2D eigenvalue weighted by molar-refractivity contribution is 0.255. The molecular formula is C14H29N3O2S. The van der Waals surface area contributed by atoms with E-state index in [0.717, 1.165) is 32.2 Å². The Morgan fingerprint density at radius 1 is 1.20 bits per heavy atom. The molecule has 1 saturated heterocycles. The monoisotopic (exact) mass is 303 g/mol. The Labute approximate surface area is 123 Å². The van der Waals surface area contributed by atoms with Gasteiger partial charge in [-0.05, 0) is 51.0 Å². The van der Waals surface area contributed by atoms with E-state index < -0.39 is 10.2 Å². The third-order valence-electron chi connectivity index (χ3n) is 4.40. The smallest absolute Gasteiger partial charge is 0.279 e. The summed E-state index contributed by atoms with van der Waals surface area (Å²) in [5.41, 5.74) is 0. The fourth-order valence-electron chi connectivity index (χ4n) is 2.77. The lowest BCUT2D eigenvalue weighted by Gasteiger charge is -2.33. The molecule has 1 unspecified atom stereocenters. The van der Waals surface area contributed by atoms with Crippen LogP contribution in [0.15, 0.2) is 0 Å². The Morgan fingerprint density at radius 2 is 1.90 bits per heavy atom. The molecule has 0 aromatic heterocycles. The van der Waals surface area contributed by atoms with Crippen LogP contribution in [0.1, 0.15) is 52.4 Å². The van der Waals surface area contributed by atoms with Crippen molar-refractivity contribution >= 4 is 10.2 Å². The van der Waals surface area contributed by atoms with Gasteiger partial charge in [-0.15, -0.1) is 0 Å². The first kappa shape index (κ1) is 16.2. The van der Waals surface area contributed by atoms with Crippen molar-refractivity contribution in [2.45, 2.75) is 64.5 Å². The highest BCUT2D eigenvalue weighted by Gasteiger charge is 2.31. The van der Waals surface area contributed by atoms with Crippen LogP contribution in [0.2, 0.25) is 0 Å². The van der Waals surface area contributed by atoms with Crippen LogP contribution in [0.25, 0.3) is 0 Å². The Kier molecular flexibility index (Phi) is 5.84. The van der Waals surface area contributed by atoms with E-state index in [-0.39, 0.29) is 6.04 Å². The van der Waals surface area contributed by atoms with E-state index in [1.807, 2.05) is 13.8 Å². The van der Waals surface area contributed by atoms with Gasteiger partial charge < -0.3 is 5.32 Å². The molecule has 118 valence electrons. The molecule has 20 heavy (non-hydrogen) atoms. The first-order chi connectivity index (χ1) is 9.55. The number of nitrogens with one attached hydrogen (secondary N) is 2. The largest absolute Gasteiger partial charge is 0.314 e. The van der Waals surface area contributed by atoms with Gasteiger partial charge in [0.2, 0.25) is 0 Å². The molecule has 0 spiro atoms. The molecular weight excluding hydrogens is 274 g/mol. The zero-order chi connectivity index (χ0) is 14.6. The zero-order valence-corrected chi connectivity index (χ0v) is 13.6. The van der Waals surface area contributed by atoms with E-state index >= 15 is 0 Å². The summed E-state index contributed by atoms with van der Waals surface area (Å²) in [5, 5.41) is 3.52. The van der Waals surface area contributed by atoms with Crippen molar-refractivity contribution in [3.8, 4) is 0 Å². The van der Waals surface area contributed by atoms with Gasteiger partial charge in [-0.2, -0.15) is 17.4 Å². The fraction of sp³-hybridized carbons (Fsp3) is 1.00. The van der Waals surface area contributed by atoms with E-state index in [2.05, 4.69) is 10.0 Å². The molecule has 1 saturated carbocycles. The molecule has 1 heterocycles. The van der Waals surface area contributed by atoms with Gasteiger partial charge in [-0.3, -0.25) is 0 Å². The molecule has 0 radical (unpaired) electrons. The fourth-order valence-corrected chi connectivity index (χ4v) is 4.45. The van der Waals surface area contributed by atoms with Crippen LogP contribution in [0.5, 0.6) is 0 Å². The highest BCUT2D eigenvalue weighted by molar-refractivity contribution is 7.87. The minimum atomic E-state index is -3.31. The van der Waals surface area contributed by atoms with Crippen LogP contribution in [0.4, 0.5) is 0 Å². The van der Waals surface area contributed by atoms with E-state index in [9.17, 15) is 8.42 Å². The third-order valence-corrected chi connectivity index (χ3v) is 6.04. The molecule has 1 aliphatic carbocycles. The second-order valence-electron chi connectivity index (χ2n) is 6.19. The standard InChI is InChI=1S/C14H29N3O2S/c1-3-13(4-2)16-20(18,19)17-9-5-6-12(11-17)10-15-14-7-8-14/h12-16H,3-11H2,1-2H3. The summed E-state index contributed by atoms with van der Waals surface area (Å²) in [6.45, 7) is 6.33. The topological polar surface area (TPSA) is 61.4 Å². The second-order valence-corrected chi connectivity index (χ2v) is 7.89. The van der Waals surface area contributed by atoms with Gasteiger partial charge in [0.1, 0.15) is 0 Å². The SMILES string of the molecule is CCC(CC)NS(=O)(=O)N1CCCC(CNC2CC2)C1. The summed E-state index contributed by atoms with van der Waals surface area (Å²) in [4.78, 5) is 0. The van der Waals surface area contributed by atoms with Gasteiger partial charge in [-0.25, -0.2) is 0 Å². The minimum Gasteiger partial charge on any atom is -0.314 e. The second kappa shape index (κ2) is 7.20. The molecule has 0 aromatic rings. The Bertz CT molecular complexity index is 391. The summed E-state index contributed by atoms with van der Waals surface area (Å²) in [7, 11) is -3.31. The molecule has 0 aromatic carbocycles. The molecule has 2 N–H and O–H groups in total. The molecule has 2 aliphatic rings. The predicted molar refractivity (Wildman–Crippen MR) is 81.7 cm³/mol. The van der Waals surface area contributed by atoms with Crippen molar-refractivity contribution in [1.82, 2.24) is 14.3 Å². The molecule has 0 bridgehead atoms. The van der Waals surface area contributed by atoms with Gasteiger partial charge in [0, 0.05) is 25.2 Å². The number of hydrogen-bond acceptors (Lipinski definition) is 3. The summed E-state index contributed by atoms with van der Waals surface area (Å²) in [6, 6.07) is 0.759. The van der Waals surface area contributed by atoms with Crippen molar-refractivity contribution in [2.24, 2.45) is 5.92 Å². The maximum absolute atomic E-state index is 12.4. The summed E-state index contributed by atoms with van der Waals surface area (Å²) < 4.78 is 29.3. The molecule has 2 fully saturated rings. The van der Waals surface area contributed by atoms with Crippen LogP contribution in [0.3, 0.4) is 0 Å². The van der Waals surface area contributed by atoms with Gasteiger partial charge in [-0.1, -0.05) is 13.8 Å². The highest BCUT2D eigenvalue weighted by Crippen LogP contribution is 2.22. The van der Waals surface area contributed by atoms with Crippen LogP contribution >= 0.6 is 0 Å². The van der Waals surface area contributed by atoms with Crippen molar-refractivity contribution < 1.29 is 8.42 Å². The van der Waals surface area contributed by atoms with Gasteiger partial charge in [0.15, 0.2) is 0 Å². The Morgan fingerprint density at radius 3 is 2.50 bits per heavy atom. The molecule has 5 nitrogen and oxygen atoms in total. The first-order valence-corrected chi connectivity index (χ1v) is 9.50. The molecule has 1 atom stereocenters. The van der Waals surface area contributed by atoms with Gasteiger partial charge in [0.25, 0.3) is 10.2 Å². The Balaban J connectivity index is 1.85. The summed E-state index contributed by atoms with van der Waals surface area (Å²) in [5.74, 6) is 0.461. The minimum absolute atomic E-state index is 0.0602. The molecule has 0 amide bonds. The average molecular weight is 303 g/mol. The van der Waals surface area contributed by atoms with Crippen molar-refractivity contribution in [3.63, 3.8) is 0 Å². The van der Waals surface area contributed by atoms with Crippen LogP contribution in [-0.4, -0.2) is 44.4 Å². The summed E-state index contributed by atoms with van der Waals surface area (Å²) >= 11 is 0. The highest BCUT2D eigenvalue weighted by atomic mass is 32.2. The maximum atomic E-state index is 12.4. The number of nitrogens with zero attached hydrogens (tertiary/aromatic N) is 1. The normalized spacial score (nSPS) is 25.2. The van der Waals surface area contributed by atoms with Crippen molar-refractivity contribution in [3.05, 3.63) is 0 Å². The molecule has 2 rings (SSSR count). The third kappa shape index (κ3) is 4.69. The van der Waals surface area contributed by atoms with Crippen molar-refractivity contribution in [1.29, 1.82) is 0 Å².